The molecule has 2 fully saturated rings. The molecule has 0 aliphatic heterocycles. The van der Waals surface area contributed by atoms with E-state index in [-0.39, 0.29) is 5.92 Å². The van der Waals surface area contributed by atoms with Crippen molar-refractivity contribution >= 4 is 0 Å². The lowest BCUT2D eigenvalue weighted by atomic mass is 9.94. The van der Waals surface area contributed by atoms with Crippen LogP contribution in [-0.4, -0.2) is 37.1 Å². The van der Waals surface area contributed by atoms with E-state index < -0.39 is 0 Å². The van der Waals surface area contributed by atoms with Crippen LogP contribution in [0.3, 0.4) is 0 Å². The van der Waals surface area contributed by atoms with Gasteiger partial charge in [0, 0.05) is 12.1 Å². The van der Waals surface area contributed by atoms with Crippen LogP contribution in [0.2, 0.25) is 0 Å². The number of nitrogens with one attached hydrogen (secondary N) is 1. The van der Waals surface area contributed by atoms with E-state index in [1.165, 1.54) is 70.8 Å². The number of nitriles is 1. The molecule has 21 heavy (non-hydrogen) atoms. The highest BCUT2D eigenvalue weighted by Gasteiger charge is 2.23. The van der Waals surface area contributed by atoms with Crippen LogP contribution in [0.4, 0.5) is 0 Å². The van der Waals surface area contributed by atoms with Gasteiger partial charge in [0.05, 0.1) is 12.0 Å². The standard InChI is InChI=1S/C18H33N3/c1-21(17-10-5-3-6-11-17)14-8-13-20-18-12-7-2-4-9-16(18)15-19/h16-18,20H,2-14H2,1H3. The van der Waals surface area contributed by atoms with Crippen molar-refractivity contribution in [3.05, 3.63) is 0 Å². The van der Waals surface area contributed by atoms with Crippen molar-refractivity contribution in [1.82, 2.24) is 10.2 Å². The summed E-state index contributed by atoms with van der Waals surface area (Å²) in [5, 5.41) is 13.0. The molecule has 0 bridgehead atoms. The predicted molar refractivity (Wildman–Crippen MR) is 88.1 cm³/mol. The molecule has 3 nitrogen and oxygen atoms in total. The van der Waals surface area contributed by atoms with E-state index in [1.807, 2.05) is 0 Å². The van der Waals surface area contributed by atoms with Gasteiger partial charge in [-0.2, -0.15) is 5.26 Å². The van der Waals surface area contributed by atoms with Gasteiger partial charge in [0.15, 0.2) is 0 Å². The Bertz CT molecular complexity index is 317. The molecule has 2 aliphatic rings. The molecule has 2 rings (SSSR count). The average molecular weight is 291 g/mol. The first kappa shape index (κ1) is 16.8. The van der Waals surface area contributed by atoms with E-state index in [9.17, 15) is 5.26 Å². The van der Waals surface area contributed by atoms with Gasteiger partial charge in [-0.25, -0.2) is 0 Å². The molecule has 0 aromatic rings. The number of nitrogens with zero attached hydrogens (tertiary/aromatic N) is 2. The van der Waals surface area contributed by atoms with Crippen LogP contribution < -0.4 is 5.32 Å². The fourth-order valence-corrected chi connectivity index (χ4v) is 4.03. The minimum Gasteiger partial charge on any atom is -0.313 e. The van der Waals surface area contributed by atoms with Crippen LogP contribution in [0.15, 0.2) is 0 Å². The van der Waals surface area contributed by atoms with Gasteiger partial charge in [0.1, 0.15) is 0 Å². The summed E-state index contributed by atoms with van der Waals surface area (Å²) in [5.74, 6) is 0.239. The molecule has 2 atom stereocenters. The van der Waals surface area contributed by atoms with E-state index in [1.54, 1.807) is 0 Å². The highest BCUT2D eigenvalue weighted by Crippen LogP contribution is 2.23. The van der Waals surface area contributed by atoms with Crippen molar-refractivity contribution in [2.45, 2.75) is 82.7 Å². The van der Waals surface area contributed by atoms with E-state index in [0.717, 1.165) is 19.0 Å². The van der Waals surface area contributed by atoms with Crippen molar-refractivity contribution in [3.8, 4) is 6.07 Å². The third-order valence-electron chi connectivity index (χ3n) is 5.47. The Morgan fingerprint density at radius 1 is 1.00 bits per heavy atom. The lowest BCUT2D eigenvalue weighted by Gasteiger charge is -2.31. The Kier molecular flexibility index (Phi) is 7.53. The van der Waals surface area contributed by atoms with Gasteiger partial charge < -0.3 is 10.2 Å². The lowest BCUT2D eigenvalue weighted by molar-refractivity contribution is 0.188. The largest absolute Gasteiger partial charge is 0.313 e. The SMILES string of the molecule is CN(CCCNC1CCCCCC1C#N)C1CCCCC1. The van der Waals surface area contributed by atoms with Crippen molar-refractivity contribution < 1.29 is 0 Å². The molecule has 3 heteroatoms. The third kappa shape index (κ3) is 5.60. The van der Waals surface area contributed by atoms with E-state index in [0.29, 0.717) is 6.04 Å². The molecular formula is C18H33N3. The molecular weight excluding hydrogens is 258 g/mol. The quantitative estimate of drug-likeness (QED) is 0.599. The second kappa shape index (κ2) is 9.43. The lowest BCUT2D eigenvalue weighted by Crippen LogP contribution is -2.38. The van der Waals surface area contributed by atoms with Gasteiger partial charge in [-0.15, -0.1) is 0 Å². The molecule has 1 N–H and O–H groups in total. The summed E-state index contributed by atoms with van der Waals surface area (Å²) in [6.07, 6.45) is 14.4. The Balaban J connectivity index is 1.62. The van der Waals surface area contributed by atoms with Crippen LogP contribution in [0, 0.1) is 17.2 Å². The summed E-state index contributed by atoms with van der Waals surface area (Å²) in [4.78, 5) is 2.57. The first-order valence-electron chi connectivity index (χ1n) is 9.14. The first-order chi connectivity index (χ1) is 10.3. The van der Waals surface area contributed by atoms with Crippen molar-refractivity contribution in [2.24, 2.45) is 5.92 Å². The Morgan fingerprint density at radius 3 is 2.38 bits per heavy atom. The Morgan fingerprint density at radius 2 is 1.67 bits per heavy atom. The molecule has 0 aromatic heterocycles. The van der Waals surface area contributed by atoms with E-state index in [2.05, 4.69) is 23.3 Å². The van der Waals surface area contributed by atoms with Gasteiger partial charge in [-0.05, 0) is 52.2 Å². The summed E-state index contributed by atoms with van der Waals surface area (Å²) in [7, 11) is 2.29. The zero-order chi connectivity index (χ0) is 14.9. The molecule has 2 unspecified atom stereocenters. The molecule has 0 saturated heterocycles. The Hall–Kier alpha value is -0.590. The molecule has 0 amide bonds. The maximum Gasteiger partial charge on any atom is 0.0672 e. The fourth-order valence-electron chi connectivity index (χ4n) is 4.03. The van der Waals surface area contributed by atoms with Gasteiger partial charge in [0.2, 0.25) is 0 Å². The van der Waals surface area contributed by atoms with Gasteiger partial charge in [-0.3, -0.25) is 0 Å². The van der Waals surface area contributed by atoms with Crippen LogP contribution in [0.5, 0.6) is 0 Å². The molecule has 2 aliphatic carbocycles. The highest BCUT2D eigenvalue weighted by molar-refractivity contribution is 4.93. The summed E-state index contributed by atoms with van der Waals surface area (Å²) < 4.78 is 0. The second-order valence-electron chi connectivity index (χ2n) is 7.06. The molecule has 0 spiro atoms. The maximum atomic E-state index is 9.30. The highest BCUT2D eigenvalue weighted by atomic mass is 15.1. The minimum atomic E-state index is 0.239. The second-order valence-corrected chi connectivity index (χ2v) is 7.06. The summed E-state index contributed by atoms with van der Waals surface area (Å²) in [6.45, 7) is 2.27. The smallest absolute Gasteiger partial charge is 0.0672 e. The van der Waals surface area contributed by atoms with Gasteiger partial charge in [-0.1, -0.05) is 38.5 Å². The Labute approximate surface area is 131 Å². The van der Waals surface area contributed by atoms with Crippen LogP contribution >= 0.6 is 0 Å². The zero-order valence-electron chi connectivity index (χ0n) is 13.8. The summed E-state index contributed by atoms with van der Waals surface area (Å²) in [5.41, 5.74) is 0. The normalized spacial score (nSPS) is 28.2. The van der Waals surface area contributed by atoms with Crippen molar-refractivity contribution in [2.75, 3.05) is 20.1 Å². The maximum absolute atomic E-state index is 9.30. The number of hydrogen-bond donors (Lipinski definition) is 1. The van der Waals surface area contributed by atoms with E-state index >= 15 is 0 Å². The van der Waals surface area contributed by atoms with Crippen molar-refractivity contribution in [1.29, 1.82) is 5.26 Å². The minimum absolute atomic E-state index is 0.239. The predicted octanol–water partition coefficient (Wildman–Crippen LogP) is 3.70. The van der Waals surface area contributed by atoms with Gasteiger partial charge >= 0.3 is 0 Å². The third-order valence-corrected chi connectivity index (χ3v) is 5.47. The van der Waals surface area contributed by atoms with Gasteiger partial charge in [0.25, 0.3) is 0 Å². The molecule has 0 heterocycles. The molecule has 2 saturated carbocycles. The van der Waals surface area contributed by atoms with Crippen LogP contribution in [0.25, 0.3) is 0 Å². The summed E-state index contributed by atoms with van der Waals surface area (Å²) >= 11 is 0. The number of rotatable bonds is 6. The molecule has 0 radical (unpaired) electrons. The van der Waals surface area contributed by atoms with Crippen molar-refractivity contribution in [3.63, 3.8) is 0 Å². The topological polar surface area (TPSA) is 39.1 Å². The van der Waals surface area contributed by atoms with E-state index in [4.69, 9.17) is 0 Å². The molecule has 120 valence electrons. The fraction of sp³-hybridized carbons (Fsp3) is 0.944. The van der Waals surface area contributed by atoms with Crippen LogP contribution in [0.1, 0.15) is 70.6 Å². The first-order valence-corrected chi connectivity index (χ1v) is 9.14. The average Bonchev–Trinajstić information content (AvgIpc) is 2.77. The summed E-state index contributed by atoms with van der Waals surface area (Å²) in [6, 6.07) is 3.79. The molecule has 0 aromatic carbocycles. The van der Waals surface area contributed by atoms with Crippen LogP contribution in [-0.2, 0) is 0 Å². The zero-order valence-corrected chi connectivity index (χ0v) is 13.8. The monoisotopic (exact) mass is 291 g/mol. The number of hydrogen-bond acceptors (Lipinski definition) is 3.